The highest BCUT2D eigenvalue weighted by molar-refractivity contribution is 6.33. The second-order valence-electron chi connectivity index (χ2n) is 9.01. The van der Waals surface area contributed by atoms with Gasteiger partial charge >= 0.3 is 6.18 Å². The number of nitrogens with zero attached hydrogens (tertiary/aromatic N) is 5. The van der Waals surface area contributed by atoms with Crippen molar-refractivity contribution in [2.45, 2.75) is 25.5 Å². The number of aromatic nitrogens is 3. The van der Waals surface area contributed by atoms with E-state index in [0.717, 1.165) is 16.8 Å². The molecule has 14 heteroatoms. The van der Waals surface area contributed by atoms with Gasteiger partial charge in [-0.3, -0.25) is 14.9 Å². The summed E-state index contributed by atoms with van der Waals surface area (Å²) in [4.78, 5) is 28.8. The molecule has 38 heavy (non-hydrogen) atoms. The molecule has 1 unspecified atom stereocenters. The van der Waals surface area contributed by atoms with E-state index >= 15 is 0 Å². The number of fused-ring (bicyclic) bond motifs is 1. The summed E-state index contributed by atoms with van der Waals surface area (Å²) < 4.78 is 62.7. The molecule has 3 aromatic rings. The Bertz CT molecular complexity index is 1520. The van der Waals surface area contributed by atoms with Gasteiger partial charge in [-0.15, -0.1) is 0 Å². The lowest BCUT2D eigenvalue weighted by molar-refractivity contribution is -0.137. The maximum absolute atomic E-state index is 13.7. The lowest BCUT2D eigenvalue weighted by Crippen LogP contribution is -2.39. The summed E-state index contributed by atoms with van der Waals surface area (Å²) in [7, 11) is 2.97. The van der Waals surface area contributed by atoms with Crippen molar-refractivity contribution in [3.63, 3.8) is 0 Å². The van der Waals surface area contributed by atoms with Crippen LogP contribution in [0.1, 0.15) is 23.2 Å². The van der Waals surface area contributed by atoms with E-state index in [1.807, 2.05) is 0 Å². The molecule has 5 rings (SSSR count). The van der Waals surface area contributed by atoms with Crippen LogP contribution in [0.5, 0.6) is 0 Å². The van der Waals surface area contributed by atoms with Crippen LogP contribution in [0.15, 0.2) is 40.1 Å². The Hall–Kier alpha value is -3.42. The summed E-state index contributed by atoms with van der Waals surface area (Å²) in [5, 5.41) is 7.11. The van der Waals surface area contributed by atoms with Gasteiger partial charge in [-0.25, -0.2) is 4.39 Å². The van der Waals surface area contributed by atoms with Gasteiger partial charge in [0.15, 0.2) is 0 Å². The molecule has 1 saturated heterocycles. The van der Waals surface area contributed by atoms with Gasteiger partial charge in [-0.05, 0) is 30.2 Å². The standard InChI is InChI=1S/C24H23ClF4N6O3/c1-32(16-4-3-13(26)9-15(16)24(27,28)29)17-10-20(36)33(2)19-12-34(7-5-14(17)19)18-11-31-35(22(37)21(18)25)23-30-6-8-38-23/h3-4,9-11,23,30H,5-8,12H2,1-2H3. The third-order valence-corrected chi connectivity index (χ3v) is 7.15. The molecule has 2 aromatic heterocycles. The number of nitrogens with one attached hydrogen (secondary N) is 1. The van der Waals surface area contributed by atoms with Gasteiger partial charge in [0.25, 0.3) is 11.1 Å². The number of hydrogen-bond donors (Lipinski definition) is 1. The average Bonchev–Trinajstić information content (AvgIpc) is 3.41. The number of ether oxygens (including phenoxy) is 1. The highest BCUT2D eigenvalue weighted by Gasteiger charge is 2.36. The van der Waals surface area contributed by atoms with Gasteiger partial charge in [0, 0.05) is 38.9 Å². The SMILES string of the molecule is CN(c1ccc(F)cc1C(F)(F)F)c1cc(=O)n(C)c2c1CCN(c1cnn(C3NCCO3)c(=O)c1Cl)C2. The van der Waals surface area contributed by atoms with Crippen LogP contribution in [0.4, 0.5) is 34.6 Å². The molecular formula is C24H23ClF4N6O3. The number of anilines is 3. The summed E-state index contributed by atoms with van der Waals surface area (Å²) in [6.07, 6.45) is -3.74. The van der Waals surface area contributed by atoms with Crippen LogP contribution in [-0.2, 0) is 30.9 Å². The maximum atomic E-state index is 13.7. The summed E-state index contributed by atoms with van der Waals surface area (Å²) in [6.45, 7) is 1.49. The first-order chi connectivity index (χ1) is 18.0. The fourth-order valence-corrected chi connectivity index (χ4v) is 5.07. The monoisotopic (exact) mass is 554 g/mol. The Labute approximate surface area is 218 Å². The van der Waals surface area contributed by atoms with Crippen molar-refractivity contribution in [2.75, 3.05) is 36.5 Å². The van der Waals surface area contributed by atoms with Crippen molar-refractivity contribution >= 4 is 28.7 Å². The molecule has 0 aliphatic carbocycles. The molecule has 1 atom stereocenters. The second-order valence-corrected chi connectivity index (χ2v) is 9.39. The van der Waals surface area contributed by atoms with Gasteiger partial charge in [-0.2, -0.15) is 23.0 Å². The van der Waals surface area contributed by atoms with Crippen LogP contribution in [0.3, 0.4) is 0 Å². The normalized spacial score (nSPS) is 17.6. The van der Waals surface area contributed by atoms with Crippen LogP contribution in [0.2, 0.25) is 5.02 Å². The minimum Gasteiger partial charge on any atom is -0.363 e. The summed E-state index contributed by atoms with van der Waals surface area (Å²) in [5.41, 5.74) is -0.572. The van der Waals surface area contributed by atoms with Gasteiger partial charge < -0.3 is 19.1 Å². The largest absolute Gasteiger partial charge is 0.418 e. The third kappa shape index (κ3) is 4.54. The van der Waals surface area contributed by atoms with Crippen LogP contribution in [0, 0.1) is 5.82 Å². The Morgan fingerprint density at radius 1 is 1.21 bits per heavy atom. The molecule has 2 aliphatic heterocycles. The third-order valence-electron chi connectivity index (χ3n) is 6.80. The molecule has 1 aromatic carbocycles. The molecule has 0 radical (unpaired) electrons. The average molecular weight is 555 g/mol. The Balaban J connectivity index is 1.53. The highest BCUT2D eigenvalue weighted by Crippen LogP contribution is 2.40. The smallest absolute Gasteiger partial charge is 0.363 e. The van der Waals surface area contributed by atoms with Crippen LogP contribution >= 0.6 is 11.6 Å². The van der Waals surface area contributed by atoms with Crippen molar-refractivity contribution in [1.29, 1.82) is 0 Å². The van der Waals surface area contributed by atoms with E-state index in [2.05, 4.69) is 10.4 Å². The second kappa shape index (κ2) is 9.71. The first kappa shape index (κ1) is 26.2. The Morgan fingerprint density at radius 2 is 1.97 bits per heavy atom. The van der Waals surface area contributed by atoms with E-state index < -0.39 is 35.0 Å². The molecule has 1 N–H and O–H groups in total. The molecule has 0 bridgehead atoms. The van der Waals surface area contributed by atoms with Gasteiger partial charge in [-0.1, -0.05) is 11.6 Å². The molecule has 0 amide bonds. The molecule has 9 nitrogen and oxygen atoms in total. The van der Waals surface area contributed by atoms with E-state index in [9.17, 15) is 27.2 Å². The molecule has 0 saturated carbocycles. The molecule has 0 spiro atoms. The number of rotatable bonds is 4. The van der Waals surface area contributed by atoms with Crippen molar-refractivity contribution < 1.29 is 22.3 Å². The maximum Gasteiger partial charge on any atom is 0.418 e. The topological polar surface area (TPSA) is 84.6 Å². The fourth-order valence-electron chi connectivity index (χ4n) is 4.82. The molecular weight excluding hydrogens is 532 g/mol. The zero-order valence-electron chi connectivity index (χ0n) is 20.4. The fraction of sp³-hybridized carbons (Fsp3) is 0.375. The lowest BCUT2D eigenvalue weighted by atomic mass is 10.00. The highest BCUT2D eigenvalue weighted by atomic mass is 35.5. The van der Waals surface area contributed by atoms with Crippen molar-refractivity contribution in [3.05, 3.63) is 78.8 Å². The quantitative estimate of drug-likeness (QED) is 0.496. The number of alkyl halides is 3. The number of hydrogen-bond acceptors (Lipinski definition) is 7. The van der Waals surface area contributed by atoms with E-state index in [1.54, 1.807) is 11.9 Å². The minimum absolute atomic E-state index is 0.0693. The van der Waals surface area contributed by atoms with Crippen LogP contribution < -0.4 is 26.2 Å². The summed E-state index contributed by atoms with van der Waals surface area (Å²) >= 11 is 6.43. The van der Waals surface area contributed by atoms with Crippen LogP contribution in [0.25, 0.3) is 0 Å². The summed E-state index contributed by atoms with van der Waals surface area (Å²) in [5.74, 6) is -1.01. The molecule has 4 heterocycles. The van der Waals surface area contributed by atoms with Crippen molar-refractivity contribution in [3.8, 4) is 0 Å². The number of benzene rings is 1. The summed E-state index contributed by atoms with van der Waals surface area (Å²) in [6, 6.07) is 3.69. The van der Waals surface area contributed by atoms with Crippen molar-refractivity contribution in [2.24, 2.45) is 7.05 Å². The first-order valence-electron chi connectivity index (χ1n) is 11.7. The predicted octanol–water partition coefficient (Wildman–Crippen LogP) is 3.16. The van der Waals surface area contributed by atoms with E-state index in [0.29, 0.717) is 49.1 Å². The zero-order valence-corrected chi connectivity index (χ0v) is 21.1. The van der Waals surface area contributed by atoms with Gasteiger partial charge in [0.05, 0.1) is 42.0 Å². The predicted molar refractivity (Wildman–Crippen MR) is 132 cm³/mol. The lowest BCUT2D eigenvalue weighted by Gasteiger charge is -2.35. The Kier molecular flexibility index (Phi) is 6.70. The van der Waals surface area contributed by atoms with Gasteiger partial charge in [0.2, 0.25) is 6.35 Å². The molecule has 202 valence electrons. The van der Waals surface area contributed by atoms with E-state index in [1.165, 1.54) is 28.8 Å². The Morgan fingerprint density at radius 3 is 2.66 bits per heavy atom. The zero-order chi connectivity index (χ0) is 27.4. The van der Waals surface area contributed by atoms with E-state index in [4.69, 9.17) is 16.3 Å². The van der Waals surface area contributed by atoms with E-state index in [-0.39, 0.29) is 22.9 Å². The first-order valence-corrected chi connectivity index (χ1v) is 12.0. The molecule has 1 fully saturated rings. The number of halogens is 5. The number of pyridine rings is 1. The molecule has 2 aliphatic rings. The van der Waals surface area contributed by atoms with Gasteiger partial charge in [0.1, 0.15) is 10.8 Å². The minimum atomic E-state index is -4.80. The van der Waals surface area contributed by atoms with Crippen LogP contribution in [-0.4, -0.2) is 41.1 Å². The van der Waals surface area contributed by atoms with Crippen molar-refractivity contribution in [1.82, 2.24) is 19.7 Å².